The SMILES string of the molecule is CCC[C@@H](CN1CC[C@H]1C)N(C)C(=O)c1ccc(Cl)cc1. The molecule has 1 aromatic carbocycles. The van der Waals surface area contributed by atoms with Crippen LogP contribution < -0.4 is 0 Å². The zero-order chi connectivity index (χ0) is 15.4. The van der Waals surface area contributed by atoms with Gasteiger partial charge < -0.3 is 4.90 Å². The van der Waals surface area contributed by atoms with Crippen LogP contribution >= 0.6 is 11.6 Å². The minimum Gasteiger partial charge on any atom is -0.337 e. The van der Waals surface area contributed by atoms with E-state index in [1.807, 2.05) is 11.9 Å². The van der Waals surface area contributed by atoms with Gasteiger partial charge in [-0.3, -0.25) is 9.69 Å². The van der Waals surface area contributed by atoms with Crippen molar-refractivity contribution in [1.82, 2.24) is 9.80 Å². The maximum absolute atomic E-state index is 12.6. The number of likely N-dealkylation sites (tertiary alicyclic amines) is 1. The number of halogens is 1. The maximum Gasteiger partial charge on any atom is 0.253 e. The number of hydrogen-bond donors (Lipinski definition) is 0. The molecule has 0 N–H and O–H groups in total. The summed E-state index contributed by atoms with van der Waals surface area (Å²) >= 11 is 5.89. The van der Waals surface area contributed by atoms with Crippen LogP contribution in [-0.4, -0.2) is 47.9 Å². The molecule has 1 amide bonds. The predicted octanol–water partition coefficient (Wildman–Crippen LogP) is 3.67. The quantitative estimate of drug-likeness (QED) is 0.800. The van der Waals surface area contributed by atoms with Gasteiger partial charge in [0, 0.05) is 36.3 Å². The first-order valence-electron chi connectivity index (χ1n) is 7.79. The van der Waals surface area contributed by atoms with E-state index in [1.165, 1.54) is 6.42 Å². The summed E-state index contributed by atoms with van der Waals surface area (Å²) in [7, 11) is 1.92. The predicted molar refractivity (Wildman–Crippen MR) is 87.9 cm³/mol. The van der Waals surface area contributed by atoms with Crippen molar-refractivity contribution in [3.63, 3.8) is 0 Å². The van der Waals surface area contributed by atoms with E-state index in [9.17, 15) is 4.79 Å². The summed E-state index contributed by atoms with van der Waals surface area (Å²) in [5, 5.41) is 0.661. The van der Waals surface area contributed by atoms with Gasteiger partial charge in [0.05, 0.1) is 0 Å². The highest BCUT2D eigenvalue weighted by molar-refractivity contribution is 6.30. The molecule has 0 aliphatic carbocycles. The fourth-order valence-corrected chi connectivity index (χ4v) is 2.94. The number of amides is 1. The normalized spacial score (nSPS) is 19.9. The summed E-state index contributed by atoms with van der Waals surface area (Å²) in [5.41, 5.74) is 0.708. The Hall–Kier alpha value is -1.06. The second-order valence-corrected chi connectivity index (χ2v) is 6.43. The van der Waals surface area contributed by atoms with Crippen LogP contribution in [0.5, 0.6) is 0 Å². The van der Waals surface area contributed by atoms with Crippen molar-refractivity contribution in [3.05, 3.63) is 34.9 Å². The van der Waals surface area contributed by atoms with Gasteiger partial charge in [-0.15, -0.1) is 0 Å². The highest BCUT2D eigenvalue weighted by Crippen LogP contribution is 2.20. The Morgan fingerprint density at radius 1 is 1.43 bits per heavy atom. The summed E-state index contributed by atoms with van der Waals surface area (Å²) in [6, 6.07) is 8.08. The molecule has 1 saturated heterocycles. The Balaban J connectivity index is 2.04. The number of carbonyl (C=O) groups excluding carboxylic acids is 1. The molecule has 0 bridgehead atoms. The number of likely N-dealkylation sites (N-methyl/N-ethyl adjacent to an activating group) is 1. The van der Waals surface area contributed by atoms with Gasteiger partial charge in [-0.05, 0) is 50.6 Å². The topological polar surface area (TPSA) is 23.6 Å². The van der Waals surface area contributed by atoms with Crippen molar-refractivity contribution in [2.24, 2.45) is 0 Å². The van der Waals surface area contributed by atoms with Gasteiger partial charge in [0.1, 0.15) is 0 Å². The molecule has 0 saturated carbocycles. The van der Waals surface area contributed by atoms with Crippen molar-refractivity contribution < 1.29 is 4.79 Å². The van der Waals surface area contributed by atoms with Crippen LogP contribution in [0, 0.1) is 0 Å². The Morgan fingerprint density at radius 3 is 2.57 bits per heavy atom. The highest BCUT2D eigenvalue weighted by Gasteiger charge is 2.29. The maximum atomic E-state index is 12.6. The Bertz CT molecular complexity index is 474. The average molecular weight is 309 g/mol. The lowest BCUT2D eigenvalue weighted by molar-refractivity contribution is 0.0482. The summed E-state index contributed by atoms with van der Waals surface area (Å²) < 4.78 is 0. The molecule has 1 aliphatic heterocycles. The fourth-order valence-electron chi connectivity index (χ4n) is 2.81. The summed E-state index contributed by atoms with van der Waals surface area (Å²) in [4.78, 5) is 17.0. The van der Waals surface area contributed by atoms with Crippen LogP contribution in [-0.2, 0) is 0 Å². The average Bonchev–Trinajstić information content (AvgIpc) is 2.49. The minimum atomic E-state index is 0.0818. The van der Waals surface area contributed by atoms with Gasteiger partial charge in [0.2, 0.25) is 0 Å². The molecule has 4 heteroatoms. The first kappa shape index (κ1) is 16.3. The third-order valence-corrected chi connectivity index (χ3v) is 4.74. The minimum absolute atomic E-state index is 0.0818. The summed E-state index contributed by atoms with van der Waals surface area (Å²) in [5.74, 6) is 0.0818. The number of carbonyl (C=O) groups is 1. The lowest BCUT2D eigenvalue weighted by Crippen LogP contribution is -2.53. The standard InChI is InChI=1S/C17H25ClN2O/c1-4-5-16(12-20-11-10-13(20)2)19(3)17(21)14-6-8-15(18)9-7-14/h6-9,13,16H,4-5,10-12H2,1-3H3/t13-,16+/m1/s1. The zero-order valence-electron chi connectivity index (χ0n) is 13.2. The van der Waals surface area contributed by atoms with Gasteiger partial charge in [0.15, 0.2) is 0 Å². The van der Waals surface area contributed by atoms with E-state index < -0.39 is 0 Å². The van der Waals surface area contributed by atoms with Crippen LogP contribution in [0.3, 0.4) is 0 Å². The largest absolute Gasteiger partial charge is 0.337 e. The molecule has 116 valence electrons. The second kappa shape index (κ2) is 7.28. The molecular formula is C17H25ClN2O. The number of benzene rings is 1. The number of nitrogens with zero attached hydrogens (tertiary/aromatic N) is 2. The zero-order valence-corrected chi connectivity index (χ0v) is 13.9. The van der Waals surface area contributed by atoms with Crippen LogP contribution in [0.1, 0.15) is 43.5 Å². The van der Waals surface area contributed by atoms with E-state index in [2.05, 4.69) is 18.7 Å². The molecular weight excluding hydrogens is 284 g/mol. The van der Waals surface area contributed by atoms with E-state index in [0.717, 1.165) is 25.9 Å². The number of hydrogen-bond acceptors (Lipinski definition) is 2. The molecule has 2 rings (SSSR count). The fraction of sp³-hybridized carbons (Fsp3) is 0.588. The summed E-state index contributed by atoms with van der Waals surface area (Å²) in [6.45, 7) is 6.57. The molecule has 1 aliphatic rings. The molecule has 1 fully saturated rings. The van der Waals surface area contributed by atoms with Crippen LogP contribution in [0.2, 0.25) is 5.02 Å². The van der Waals surface area contributed by atoms with Gasteiger partial charge in [0.25, 0.3) is 5.91 Å². The van der Waals surface area contributed by atoms with Gasteiger partial charge in [-0.25, -0.2) is 0 Å². The van der Waals surface area contributed by atoms with Gasteiger partial charge >= 0.3 is 0 Å². The summed E-state index contributed by atoms with van der Waals surface area (Å²) in [6.07, 6.45) is 3.40. The van der Waals surface area contributed by atoms with Crippen molar-refractivity contribution in [3.8, 4) is 0 Å². The third-order valence-electron chi connectivity index (χ3n) is 4.48. The molecule has 0 unspecified atom stereocenters. The van der Waals surface area contributed by atoms with Crippen molar-refractivity contribution in [2.75, 3.05) is 20.1 Å². The molecule has 2 atom stereocenters. The van der Waals surface area contributed by atoms with Crippen molar-refractivity contribution >= 4 is 17.5 Å². The third kappa shape index (κ3) is 3.98. The first-order valence-corrected chi connectivity index (χ1v) is 8.17. The highest BCUT2D eigenvalue weighted by atomic mass is 35.5. The molecule has 21 heavy (non-hydrogen) atoms. The second-order valence-electron chi connectivity index (χ2n) is 6.00. The molecule has 0 radical (unpaired) electrons. The van der Waals surface area contributed by atoms with E-state index in [4.69, 9.17) is 11.6 Å². The van der Waals surface area contributed by atoms with Crippen molar-refractivity contribution in [2.45, 2.75) is 45.2 Å². The van der Waals surface area contributed by atoms with Gasteiger partial charge in [-0.1, -0.05) is 24.9 Å². The lowest BCUT2D eigenvalue weighted by atomic mass is 10.0. The molecule has 1 heterocycles. The molecule has 0 spiro atoms. The van der Waals surface area contributed by atoms with E-state index in [1.54, 1.807) is 24.3 Å². The van der Waals surface area contributed by atoms with Crippen LogP contribution in [0.15, 0.2) is 24.3 Å². The Labute approximate surface area is 132 Å². The molecule has 1 aromatic rings. The van der Waals surface area contributed by atoms with Crippen LogP contribution in [0.25, 0.3) is 0 Å². The Morgan fingerprint density at radius 2 is 2.10 bits per heavy atom. The molecule has 0 aromatic heterocycles. The van der Waals surface area contributed by atoms with E-state index >= 15 is 0 Å². The smallest absolute Gasteiger partial charge is 0.253 e. The number of rotatable bonds is 6. The first-order chi connectivity index (χ1) is 10.0. The van der Waals surface area contributed by atoms with E-state index in [0.29, 0.717) is 16.6 Å². The molecule has 3 nitrogen and oxygen atoms in total. The van der Waals surface area contributed by atoms with Crippen molar-refractivity contribution in [1.29, 1.82) is 0 Å². The van der Waals surface area contributed by atoms with E-state index in [-0.39, 0.29) is 11.9 Å². The lowest BCUT2D eigenvalue weighted by Gasteiger charge is -2.42. The van der Waals surface area contributed by atoms with Crippen LogP contribution in [0.4, 0.5) is 0 Å². The monoisotopic (exact) mass is 308 g/mol. The Kier molecular flexibility index (Phi) is 5.65. The van der Waals surface area contributed by atoms with Gasteiger partial charge in [-0.2, -0.15) is 0 Å².